The van der Waals surface area contributed by atoms with Crippen LogP contribution in [0.2, 0.25) is 0 Å². The maximum Gasteiger partial charge on any atom is 0.179 e. The first-order valence-electron chi connectivity index (χ1n) is 6.36. The third-order valence-electron chi connectivity index (χ3n) is 3.97. The van der Waals surface area contributed by atoms with Gasteiger partial charge in [0.2, 0.25) is 0 Å². The zero-order valence-electron chi connectivity index (χ0n) is 10.9. The SMILES string of the molecule is CCC1(CNc2ncccc2S(C)(=O)=O)CCC1. The van der Waals surface area contributed by atoms with E-state index in [1.165, 1.54) is 25.5 Å². The van der Waals surface area contributed by atoms with E-state index in [2.05, 4.69) is 17.2 Å². The van der Waals surface area contributed by atoms with Crippen molar-refractivity contribution >= 4 is 15.7 Å². The summed E-state index contributed by atoms with van der Waals surface area (Å²) in [6, 6.07) is 3.25. The van der Waals surface area contributed by atoms with Gasteiger partial charge in [-0.05, 0) is 36.8 Å². The van der Waals surface area contributed by atoms with E-state index in [0.29, 0.717) is 11.2 Å². The van der Waals surface area contributed by atoms with E-state index in [-0.39, 0.29) is 4.90 Å². The highest BCUT2D eigenvalue weighted by Crippen LogP contribution is 2.43. The van der Waals surface area contributed by atoms with Gasteiger partial charge >= 0.3 is 0 Å². The molecule has 1 aliphatic carbocycles. The van der Waals surface area contributed by atoms with Crippen LogP contribution in [0.1, 0.15) is 32.6 Å². The number of rotatable bonds is 5. The number of nitrogens with zero attached hydrogens (tertiary/aromatic N) is 1. The molecule has 0 bridgehead atoms. The molecule has 0 saturated heterocycles. The normalized spacial score (nSPS) is 18.1. The Labute approximate surface area is 109 Å². The van der Waals surface area contributed by atoms with Crippen LogP contribution in [-0.4, -0.2) is 26.2 Å². The van der Waals surface area contributed by atoms with Gasteiger partial charge in [-0.15, -0.1) is 0 Å². The summed E-state index contributed by atoms with van der Waals surface area (Å²) < 4.78 is 23.3. The third-order valence-corrected chi connectivity index (χ3v) is 5.09. The monoisotopic (exact) mass is 268 g/mol. The highest BCUT2D eigenvalue weighted by Gasteiger charge is 2.35. The molecule has 1 heterocycles. The smallest absolute Gasteiger partial charge is 0.179 e. The second kappa shape index (κ2) is 4.88. The summed E-state index contributed by atoms with van der Waals surface area (Å²) >= 11 is 0. The molecule has 1 aromatic rings. The fraction of sp³-hybridized carbons (Fsp3) is 0.615. The summed E-state index contributed by atoms with van der Waals surface area (Å²) in [5.41, 5.74) is 0.340. The van der Waals surface area contributed by atoms with Crippen LogP contribution in [0.4, 0.5) is 5.82 Å². The predicted octanol–water partition coefficient (Wildman–Crippen LogP) is 2.48. The molecular formula is C13H20N2O2S. The summed E-state index contributed by atoms with van der Waals surface area (Å²) in [7, 11) is -3.22. The topological polar surface area (TPSA) is 59.1 Å². The fourth-order valence-electron chi connectivity index (χ4n) is 2.43. The van der Waals surface area contributed by atoms with Gasteiger partial charge in [0.25, 0.3) is 0 Å². The Bertz CT molecular complexity index is 516. The Balaban J connectivity index is 2.15. The average Bonchev–Trinajstić information content (AvgIpc) is 2.27. The number of nitrogens with one attached hydrogen (secondary N) is 1. The largest absolute Gasteiger partial charge is 0.368 e. The first-order valence-corrected chi connectivity index (χ1v) is 8.25. The minimum absolute atomic E-state index is 0.288. The Morgan fingerprint density at radius 1 is 1.44 bits per heavy atom. The number of hydrogen-bond acceptors (Lipinski definition) is 4. The molecule has 5 heteroatoms. The van der Waals surface area contributed by atoms with Gasteiger partial charge in [-0.2, -0.15) is 0 Å². The molecule has 0 aliphatic heterocycles. The molecule has 1 N–H and O–H groups in total. The number of hydrogen-bond donors (Lipinski definition) is 1. The highest BCUT2D eigenvalue weighted by atomic mass is 32.2. The molecule has 1 aliphatic rings. The van der Waals surface area contributed by atoms with Crippen LogP contribution in [-0.2, 0) is 9.84 Å². The van der Waals surface area contributed by atoms with Gasteiger partial charge in [0.05, 0.1) is 0 Å². The summed E-state index contributed by atoms with van der Waals surface area (Å²) in [5, 5.41) is 3.22. The van der Waals surface area contributed by atoms with Crippen LogP contribution in [0.15, 0.2) is 23.2 Å². The van der Waals surface area contributed by atoms with Crippen molar-refractivity contribution in [2.24, 2.45) is 5.41 Å². The summed E-state index contributed by atoms with van der Waals surface area (Å²) in [6.45, 7) is 3.00. The molecule has 0 atom stereocenters. The van der Waals surface area contributed by atoms with Crippen LogP contribution in [0.3, 0.4) is 0 Å². The average molecular weight is 268 g/mol. The molecule has 1 saturated carbocycles. The number of aromatic nitrogens is 1. The van der Waals surface area contributed by atoms with E-state index >= 15 is 0 Å². The molecule has 0 spiro atoms. The zero-order chi connectivity index (χ0) is 13.2. The number of sulfone groups is 1. The molecule has 100 valence electrons. The number of pyridine rings is 1. The molecule has 1 fully saturated rings. The van der Waals surface area contributed by atoms with Crippen molar-refractivity contribution in [1.29, 1.82) is 0 Å². The first-order chi connectivity index (χ1) is 8.47. The van der Waals surface area contributed by atoms with E-state index in [9.17, 15) is 8.42 Å². The minimum atomic E-state index is -3.22. The van der Waals surface area contributed by atoms with Gasteiger partial charge in [0.1, 0.15) is 10.7 Å². The lowest BCUT2D eigenvalue weighted by Crippen LogP contribution is -2.36. The first kappa shape index (κ1) is 13.3. The maximum atomic E-state index is 11.7. The van der Waals surface area contributed by atoms with Crippen molar-refractivity contribution in [1.82, 2.24) is 4.98 Å². The van der Waals surface area contributed by atoms with Crippen molar-refractivity contribution in [3.8, 4) is 0 Å². The van der Waals surface area contributed by atoms with Gasteiger partial charge in [-0.1, -0.05) is 13.3 Å². The van der Waals surface area contributed by atoms with E-state index in [1.54, 1.807) is 18.3 Å². The Morgan fingerprint density at radius 2 is 2.17 bits per heavy atom. The molecule has 0 radical (unpaired) electrons. The van der Waals surface area contributed by atoms with Crippen LogP contribution in [0.25, 0.3) is 0 Å². The third kappa shape index (κ3) is 2.66. The van der Waals surface area contributed by atoms with Crippen molar-refractivity contribution < 1.29 is 8.42 Å². The second-order valence-corrected chi connectivity index (χ2v) is 7.17. The highest BCUT2D eigenvalue weighted by molar-refractivity contribution is 7.90. The van der Waals surface area contributed by atoms with Crippen molar-refractivity contribution in [3.05, 3.63) is 18.3 Å². The molecule has 18 heavy (non-hydrogen) atoms. The van der Waals surface area contributed by atoms with Crippen LogP contribution < -0.4 is 5.32 Å². The van der Waals surface area contributed by atoms with E-state index < -0.39 is 9.84 Å². The van der Waals surface area contributed by atoms with Crippen molar-refractivity contribution in [2.45, 2.75) is 37.5 Å². The lowest BCUT2D eigenvalue weighted by Gasteiger charge is -2.41. The maximum absolute atomic E-state index is 11.7. The Hall–Kier alpha value is -1.10. The lowest BCUT2D eigenvalue weighted by molar-refractivity contribution is 0.145. The molecule has 4 nitrogen and oxygen atoms in total. The summed E-state index contributed by atoms with van der Waals surface area (Å²) in [6.07, 6.45) is 7.68. The standard InChI is InChI=1S/C13H20N2O2S/c1-3-13(7-5-8-13)10-15-12-11(18(2,16)17)6-4-9-14-12/h4,6,9H,3,5,7-8,10H2,1-2H3,(H,14,15). The van der Waals surface area contributed by atoms with Crippen molar-refractivity contribution in [3.63, 3.8) is 0 Å². The van der Waals surface area contributed by atoms with Crippen LogP contribution in [0.5, 0.6) is 0 Å². The van der Waals surface area contributed by atoms with Crippen LogP contribution >= 0.6 is 0 Å². The van der Waals surface area contributed by atoms with Gasteiger partial charge in [-0.25, -0.2) is 13.4 Å². The number of anilines is 1. The molecule has 0 amide bonds. The Morgan fingerprint density at radius 3 is 2.67 bits per heavy atom. The summed E-state index contributed by atoms with van der Waals surface area (Å²) in [4.78, 5) is 4.44. The summed E-state index contributed by atoms with van der Waals surface area (Å²) in [5.74, 6) is 0.486. The molecule has 1 aromatic heterocycles. The second-order valence-electron chi connectivity index (χ2n) is 5.18. The molecule has 2 rings (SSSR count). The van der Waals surface area contributed by atoms with Gasteiger partial charge in [0.15, 0.2) is 9.84 Å². The van der Waals surface area contributed by atoms with Gasteiger partial charge in [-0.3, -0.25) is 0 Å². The molecule has 0 aromatic carbocycles. The minimum Gasteiger partial charge on any atom is -0.368 e. The zero-order valence-corrected chi connectivity index (χ0v) is 11.8. The Kier molecular flexibility index (Phi) is 3.61. The molecule has 0 unspecified atom stereocenters. The van der Waals surface area contributed by atoms with E-state index in [0.717, 1.165) is 13.0 Å². The van der Waals surface area contributed by atoms with Gasteiger partial charge in [0, 0.05) is 19.0 Å². The predicted molar refractivity (Wildman–Crippen MR) is 72.4 cm³/mol. The van der Waals surface area contributed by atoms with Gasteiger partial charge < -0.3 is 5.32 Å². The van der Waals surface area contributed by atoms with E-state index in [1.807, 2.05) is 0 Å². The van der Waals surface area contributed by atoms with E-state index in [4.69, 9.17) is 0 Å². The fourth-order valence-corrected chi connectivity index (χ4v) is 3.23. The quantitative estimate of drug-likeness (QED) is 0.891. The lowest BCUT2D eigenvalue weighted by atomic mass is 9.67. The van der Waals surface area contributed by atoms with Crippen LogP contribution in [0, 0.1) is 5.41 Å². The van der Waals surface area contributed by atoms with Crippen molar-refractivity contribution in [2.75, 3.05) is 18.1 Å². The molecular weight excluding hydrogens is 248 g/mol.